The van der Waals surface area contributed by atoms with Crippen molar-refractivity contribution in [3.8, 4) is 12.3 Å². The molecule has 1 amide bonds. The number of alkyl halides is 2. The number of amides is 1. The van der Waals surface area contributed by atoms with Gasteiger partial charge in [-0.25, -0.2) is 13.6 Å². The minimum absolute atomic E-state index is 0.222. The molecule has 0 aliphatic carbocycles. The standard InChI is InChI=1S/C8H11F2NO2/c1-3-4-13-7(12)11-8(2,5-9)6-10/h1H,4-6H2,2H3,(H,11,12). The third-order valence-electron chi connectivity index (χ3n) is 1.28. The molecule has 1 N–H and O–H groups in total. The van der Waals surface area contributed by atoms with Crippen LogP contribution >= 0.6 is 0 Å². The fraction of sp³-hybridized carbons (Fsp3) is 0.625. The summed E-state index contributed by atoms with van der Waals surface area (Å²) in [5.74, 6) is 2.05. The van der Waals surface area contributed by atoms with Crippen LogP contribution in [0, 0.1) is 12.3 Å². The van der Waals surface area contributed by atoms with Crippen molar-refractivity contribution in [2.75, 3.05) is 20.0 Å². The van der Waals surface area contributed by atoms with Crippen LogP contribution in [0.25, 0.3) is 0 Å². The fourth-order valence-corrected chi connectivity index (χ4v) is 0.492. The average molecular weight is 191 g/mol. The summed E-state index contributed by atoms with van der Waals surface area (Å²) in [5.41, 5.74) is -1.52. The van der Waals surface area contributed by atoms with Crippen molar-refractivity contribution >= 4 is 6.09 Å². The van der Waals surface area contributed by atoms with Gasteiger partial charge in [-0.2, -0.15) is 0 Å². The van der Waals surface area contributed by atoms with Crippen molar-refractivity contribution in [1.29, 1.82) is 0 Å². The Kier molecular flexibility index (Phi) is 4.82. The van der Waals surface area contributed by atoms with E-state index in [9.17, 15) is 13.6 Å². The lowest BCUT2D eigenvalue weighted by atomic mass is 10.1. The van der Waals surface area contributed by atoms with E-state index in [1.165, 1.54) is 6.92 Å². The number of hydrogen-bond donors (Lipinski definition) is 1. The van der Waals surface area contributed by atoms with E-state index in [1.807, 2.05) is 11.2 Å². The molecule has 0 aliphatic rings. The molecule has 0 saturated carbocycles. The van der Waals surface area contributed by atoms with Crippen LogP contribution in [-0.4, -0.2) is 31.6 Å². The van der Waals surface area contributed by atoms with E-state index in [0.717, 1.165) is 0 Å². The third kappa shape index (κ3) is 4.31. The Balaban J connectivity index is 3.96. The number of hydrogen-bond acceptors (Lipinski definition) is 2. The topological polar surface area (TPSA) is 38.3 Å². The zero-order chi connectivity index (χ0) is 10.3. The molecule has 0 spiro atoms. The second kappa shape index (κ2) is 5.36. The number of alkyl carbamates (subject to hydrolysis) is 1. The highest BCUT2D eigenvalue weighted by Crippen LogP contribution is 2.05. The van der Waals surface area contributed by atoms with Gasteiger partial charge in [0.05, 0.1) is 5.54 Å². The van der Waals surface area contributed by atoms with Gasteiger partial charge in [0.1, 0.15) is 13.3 Å². The Bertz CT molecular complexity index is 209. The number of nitrogens with one attached hydrogen (secondary N) is 1. The predicted octanol–water partition coefficient (Wildman–Crippen LogP) is 1.04. The monoisotopic (exact) mass is 191 g/mol. The van der Waals surface area contributed by atoms with Gasteiger partial charge in [0.15, 0.2) is 6.61 Å². The highest BCUT2D eigenvalue weighted by Gasteiger charge is 2.27. The first kappa shape index (κ1) is 11.7. The van der Waals surface area contributed by atoms with Gasteiger partial charge in [0, 0.05) is 0 Å². The van der Waals surface area contributed by atoms with E-state index in [-0.39, 0.29) is 6.61 Å². The molecule has 0 aliphatic heterocycles. The van der Waals surface area contributed by atoms with Gasteiger partial charge in [0.25, 0.3) is 0 Å². The molecule has 0 aromatic carbocycles. The minimum atomic E-state index is -1.52. The van der Waals surface area contributed by atoms with E-state index in [0.29, 0.717) is 0 Å². The van der Waals surface area contributed by atoms with Crippen LogP contribution in [0.2, 0.25) is 0 Å². The van der Waals surface area contributed by atoms with Gasteiger partial charge in [-0.15, -0.1) is 6.42 Å². The Morgan fingerprint density at radius 1 is 1.62 bits per heavy atom. The van der Waals surface area contributed by atoms with Crippen molar-refractivity contribution in [2.45, 2.75) is 12.5 Å². The van der Waals surface area contributed by atoms with Crippen molar-refractivity contribution in [1.82, 2.24) is 5.32 Å². The first-order chi connectivity index (χ1) is 6.08. The van der Waals surface area contributed by atoms with Crippen LogP contribution in [0.15, 0.2) is 0 Å². The molecule has 0 heterocycles. The number of halogens is 2. The van der Waals surface area contributed by atoms with Crippen LogP contribution in [-0.2, 0) is 4.74 Å². The molecule has 0 saturated heterocycles. The molecule has 5 heteroatoms. The lowest BCUT2D eigenvalue weighted by molar-refractivity contribution is 0.132. The summed E-state index contributed by atoms with van der Waals surface area (Å²) in [4.78, 5) is 10.8. The van der Waals surface area contributed by atoms with E-state index < -0.39 is 25.0 Å². The summed E-state index contributed by atoms with van der Waals surface area (Å²) in [6, 6.07) is 0. The normalized spacial score (nSPS) is 10.3. The highest BCUT2D eigenvalue weighted by molar-refractivity contribution is 5.68. The summed E-state index contributed by atoms with van der Waals surface area (Å²) < 4.78 is 28.7. The summed E-state index contributed by atoms with van der Waals surface area (Å²) in [5, 5.41) is 2.02. The summed E-state index contributed by atoms with van der Waals surface area (Å²) in [7, 11) is 0. The molecule has 3 nitrogen and oxygen atoms in total. The Hall–Kier alpha value is -1.31. The van der Waals surface area contributed by atoms with Crippen LogP contribution in [0.4, 0.5) is 13.6 Å². The first-order valence-corrected chi connectivity index (χ1v) is 3.58. The van der Waals surface area contributed by atoms with Crippen LogP contribution in [0.3, 0.4) is 0 Å². The zero-order valence-electron chi connectivity index (χ0n) is 7.27. The molecule has 0 fully saturated rings. The van der Waals surface area contributed by atoms with E-state index >= 15 is 0 Å². The first-order valence-electron chi connectivity index (χ1n) is 3.58. The molecule has 0 aromatic rings. The molecule has 13 heavy (non-hydrogen) atoms. The molecule has 0 bridgehead atoms. The van der Waals surface area contributed by atoms with Gasteiger partial charge in [-0.1, -0.05) is 5.92 Å². The number of terminal acetylenes is 1. The molecular formula is C8H11F2NO2. The van der Waals surface area contributed by atoms with E-state index in [2.05, 4.69) is 4.74 Å². The van der Waals surface area contributed by atoms with Gasteiger partial charge >= 0.3 is 6.09 Å². The largest absolute Gasteiger partial charge is 0.436 e. The van der Waals surface area contributed by atoms with Gasteiger partial charge < -0.3 is 10.1 Å². The van der Waals surface area contributed by atoms with Gasteiger partial charge in [-0.3, -0.25) is 0 Å². The average Bonchev–Trinajstić information content (AvgIpc) is 2.14. The number of rotatable bonds is 4. The van der Waals surface area contributed by atoms with Crippen molar-refractivity contribution in [3.63, 3.8) is 0 Å². The molecule has 74 valence electrons. The van der Waals surface area contributed by atoms with Crippen molar-refractivity contribution < 1.29 is 18.3 Å². The maximum Gasteiger partial charge on any atom is 0.408 e. The lowest BCUT2D eigenvalue weighted by Gasteiger charge is -2.22. The predicted molar refractivity (Wildman–Crippen MR) is 43.7 cm³/mol. The van der Waals surface area contributed by atoms with Crippen molar-refractivity contribution in [3.05, 3.63) is 0 Å². The van der Waals surface area contributed by atoms with Crippen molar-refractivity contribution in [2.24, 2.45) is 0 Å². The molecule has 0 rings (SSSR count). The molecule has 0 unspecified atom stereocenters. The maximum absolute atomic E-state index is 12.2. The fourth-order valence-electron chi connectivity index (χ4n) is 0.492. The minimum Gasteiger partial charge on any atom is -0.436 e. The zero-order valence-corrected chi connectivity index (χ0v) is 7.27. The third-order valence-corrected chi connectivity index (χ3v) is 1.28. The number of carbonyl (C=O) groups excluding carboxylic acids is 1. The van der Waals surface area contributed by atoms with Gasteiger partial charge in [0.2, 0.25) is 0 Å². The Labute approximate surface area is 75.4 Å². The summed E-state index contributed by atoms with van der Waals surface area (Å²) >= 11 is 0. The van der Waals surface area contributed by atoms with E-state index in [1.54, 1.807) is 0 Å². The summed E-state index contributed by atoms with van der Waals surface area (Å²) in [6.07, 6.45) is 3.88. The van der Waals surface area contributed by atoms with Gasteiger partial charge in [-0.05, 0) is 6.92 Å². The van der Waals surface area contributed by atoms with Crippen LogP contribution in [0.5, 0.6) is 0 Å². The number of ether oxygens (including phenoxy) is 1. The highest BCUT2D eigenvalue weighted by atomic mass is 19.1. The smallest absolute Gasteiger partial charge is 0.408 e. The van der Waals surface area contributed by atoms with E-state index in [4.69, 9.17) is 6.42 Å². The maximum atomic E-state index is 12.2. The summed E-state index contributed by atoms with van der Waals surface area (Å²) in [6.45, 7) is -1.01. The molecule has 0 radical (unpaired) electrons. The van der Waals surface area contributed by atoms with Crippen LogP contribution in [0.1, 0.15) is 6.92 Å². The lowest BCUT2D eigenvalue weighted by Crippen LogP contribution is -2.49. The Morgan fingerprint density at radius 2 is 2.15 bits per heavy atom. The second-order valence-corrected chi connectivity index (χ2v) is 2.73. The molecule has 0 aromatic heterocycles. The Morgan fingerprint density at radius 3 is 2.54 bits per heavy atom. The molecular weight excluding hydrogens is 180 g/mol. The number of carbonyl (C=O) groups is 1. The SMILES string of the molecule is C#CCOC(=O)NC(C)(CF)CF. The second-order valence-electron chi connectivity index (χ2n) is 2.73. The molecule has 0 atom stereocenters. The van der Waals surface area contributed by atoms with Crippen LogP contribution < -0.4 is 5.32 Å². The quantitative estimate of drug-likeness (QED) is 0.674.